The van der Waals surface area contributed by atoms with E-state index in [1.807, 2.05) is 28.9 Å². The van der Waals surface area contributed by atoms with Gasteiger partial charge in [0, 0.05) is 11.9 Å². The second-order valence-corrected chi connectivity index (χ2v) is 5.86. The molecule has 3 rings (SSSR count). The lowest BCUT2D eigenvalue weighted by atomic mass is 10.1. The Morgan fingerprint density at radius 2 is 2.05 bits per heavy atom. The van der Waals surface area contributed by atoms with Crippen LogP contribution in [0.2, 0.25) is 0 Å². The maximum atomic E-state index is 6.43. The van der Waals surface area contributed by atoms with Gasteiger partial charge in [0.1, 0.15) is 0 Å². The summed E-state index contributed by atoms with van der Waals surface area (Å²) < 4.78 is 2.88. The molecule has 0 aliphatic rings. The summed E-state index contributed by atoms with van der Waals surface area (Å²) in [6.45, 7) is 2.97. The fourth-order valence-corrected chi connectivity index (χ4v) is 3.01. The first-order chi connectivity index (χ1) is 10.2. The van der Waals surface area contributed by atoms with Crippen LogP contribution in [0.5, 0.6) is 0 Å². The summed E-state index contributed by atoms with van der Waals surface area (Å²) in [5.74, 6) is 0. The Labute approximate surface area is 132 Å². The standard InChI is InChI=1S/C16H17BrN4/c1-2-9-21-16(12(17)10-19-21)15(18)14-8-7-11-5-3-4-6-13(11)20-14/h3-8,10,15H,2,9,18H2,1H3. The number of aryl methyl sites for hydroxylation is 1. The van der Waals surface area contributed by atoms with Crippen LogP contribution >= 0.6 is 15.9 Å². The molecule has 0 aliphatic carbocycles. The first kappa shape index (κ1) is 14.2. The SMILES string of the molecule is CCCn1ncc(Br)c1C(N)c1ccc2ccccc2n1. The molecule has 2 heterocycles. The van der Waals surface area contributed by atoms with Gasteiger partial charge in [-0.05, 0) is 34.5 Å². The Hall–Kier alpha value is -1.72. The molecule has 0 radical (unpaired) electrons. The zero-order valence-corrected chi connectivity index (χ0v) is 13.4. The van der Waals surface area contributed by atoms with Crippen molar-refractivity contribution in [3.05, 3.63) is 58.5 Å². The number of halogens is 1. The van der Waals surface area contributed by atoms with Crippen LogP contribution in [0.4, 0.5) is 0 Å². The van der Waals surface area contributed by atoms with E-state index in [0.29, 0.717) is 0 Å². The molecule has 4 nitrogen and oxygen atoms in total. The van der Waals surface area contributed by atoms with Crippen molar-refractivity contribution in [1.82, 2.24) is 14.8 Å². The number of benzene rings is 1. The van der Waals surface area contributed by atoms with Crippen molar-refractivity contribution in [2.45, 2.75) is 25.9 Å². The molecule has 1 unspecified atom stereocenters. The van der Waals surface area contributed by atoms with Crippen molar-refractivity contribution < 1.29 is 0 Å². The molecule has 0 saturated carbocycles. The molecule has 2 aromatic heterocycles. The van der Waals surface area contributed by atoms with E-state index in [4.69, 9.17) is 5.73 Å². The highest BCUT2D eigenvalue weighted by Gasteiger charge is 2.19. The summed E-state index contributed by atoms with van der Waals surface area (Å²) in [5.41, 5.74) is 9.22. The zero-order valence-electron chi connectivity index (χ0n) is 11.8. The summed E-state index contributed by atoms with van der Waals surface area (Å²) in [6.07, 6.45) is 2.81. The van der Waals surface area contributed by atoms with E-state index in [-0.39, 0.29) is 6.04 Å². The highest BCUT2D eigenvalue weighted by atomic mass is 79.9. The summed E-state index contributed by atoms with van der Waals surface area (Å²) in [7, 11) is 0. The minimum absolute atomic E-state index is 0.293. The number of rotatable bonds is 4. The van der Waals surface area contributed by atoms with Crippen LogP contribution in [-0.2, 0) is 6.54 Å². The van der Waals surface area contributed by atoms with Gasteiger partial charge in [-0.25, -0.2) is 0 Å². The molecule has 21 heavy (non-hydrogen) atoms. The van der Waals surface area contributed by atoms with Crippen LogP contribution in [0.15, 0.2) is 47.1 Å². The third-order valence-electron chi connectivity index (χ3n) is 3.50. The molecule has 0 bridgehead atoms. The lowest BCUT2D eigenvalue weighted by Gasteiger charge is -2.15. The van der Waals surface area contributed by atoms with Gasteiger partial charge in [-0.1, -0.05) is 31.2 Å². The molecule has 5 heteroatoms. The Bertz CT molecular complexity index is 766. The van der Waals surface area contributed by atoms with Gasteiger partial charge in [-0.15, -0.1) is 0 Å². The van der Waals surface area contributed by atoms with Gasteiger partial charge in [0.15, 0.2) is 0 Å². The summed E-state index contributed by atoms with van der Waals surface area (Å²) in [6, 6.07) is 11.8. The van der Waals surface area contributed by atoms with Crippen LogP contribution in [0.1, 0.15) is 30.8 Å². The van der Waals surface area contributed by atoms with Crippen molar-refractivity contribution >= 4 is 26.8 Å². The molecular formula is C16H17BrN4. The molecule has 3 aromatic rings. The van der Waals surface area contributed by atoms with Crippen molar-refractivity contribution in [2.75, 3.05) is 0 Å². The Morgan fingerprint density at radius 1 is 1.24 bits per heavy atom. The fourth-order valence-electron chi connectivity index (χ4n) is 2.47. The van der Waals surface area contributed by atoms with Gasteiger partial charge in [-0.2, -0.15) is 5.10 Å². The van der Waals surface area contributed by atoms with Crippen LogP contribution < -0.4 is 5.73 Å². The Balaban J connectivity index is 2.03. The molecule has 2 N–H and O–H groups in total. The molecular weight excluding hydrogens is 328 g/mol. The second kappa shape index (κ2) is 5.95. The summed E-state index contributed by atoms with van der Waals surface area (Å²) in [4.78, 5) is 4.69. The lowest BCUT2D eigenvalue weighted by Crippen LogP contribution is -2.19. The third-order valence-corrected chi connectivity index (χ3v) is 4.11. The van der Waals surface area contributed by atoms with E-state index in [0.717, 1.165) is 39.7 Å². The van der Waals surface area contributed by atoms with Crippen molar-refractivity contribution in [2.24, 2.45) is 5.73 Å². The van der Waals surface area contributed by atoms with Crippen LogP contribution in [-0.4, -0.2) is 14.8 Å². The average Bonchev–Trinajstić information content (AvgIpc) is 2.87. The number of fused-ring (bicyclic) bond motifs is 1. The van der Waals surface area contributed by atoms with E-state index in [9.17, 15) is 0 Å². The predicted molar refractivity (Wildman–Crippen MR) is 88.0 cm³/mol. The summed E-state index contributed by atoms with van der Waals surface area (Å²) >= 11 is 3.54. The first-order valence-corrected chi connectivity index (χ1v) is 7.82. The quantitative estimate of drug-likeness (QED) is 0.785. The number of pyridine rings is 1. The second-order valence-electron chi connectivity index (χ2n) is 5.01. The van der Waals surface area contributed by atoms with Gasteiger partial charge in [-0.3, -0.25) is 9.67 Å². The van der Waals surface area contributed by atoms with E-state index in [1.54, 1.807) is 6.20 Å². The molecule has 0 spiro atoms. The number of aromatic nitrogens is 3. The number of para-hydroxylation sites is 1. The van der Waals surface area contributed by atoms with Gasteiger partial charge in [0.25, 0.3) is 0 Å². The Kier molecular flexibility index (Phi) is 4.03. The smallest absolute Gasteiger partial charge is 0.0908 e. The molecule has 108 valence electrons. The van der Waals surface area contributed by atoms with Gasteiger partial charge in [0.2, 0.25) is 0 Å². The van der Waals surface area contributed by atoms with Crippen molar-refractivity contribution in [3.8, 4) is 0 Å². The van der Waals surface area contributed by atoms with Crippen LogP contribution in [0, 0.1) is 0 Å². The minimum atomic E-state index is -0.293. The largest absolute Gasteiger partial charge is 0.318 e. The number of hydrogen-bond acceptors (Lipinski definition) is 3. The fraction of sp³-hybridized carbons (Fsp3) is 0.250. The average molecular weight is 345 g/mol. The van der Waals surface area contributed by atoms with Gasteiger partial charge < -0.3 is 5.73 Å². The van der Waals surface area contributed by atoms with Crippen molar-refractivity contribution in [1.29, 1.82) is 0 Å². The first-order valence-electron chi connectivity index (χ1n) is 7.03. The predicted octanol–water partition coefficient (Wildman–Crippen LogP) is 3.65. The number of hydrogen-bond donors (Lipinski definition) is 1. The molecule has 1 aromatic carbocycles. The van der Waals surface area contributed by atoms with Gasteiger partial charge in [0.05, 0.1) is 33.6 Å². The van der Waals surface area contributed by atoms with Crippen molar-refractivity contribution in [3.63, 3.8) is 0 Å². The van der Waals surface area contributed by atoms with Gasteiger partial charge >= 0.3 is 0 Å². The number of nitrogens with two attached hydrogens (primary N) is 1. The lowest BCUT2D eigenvalue weighted by molar-refractivity contribution is 0.556. The molecule has 0 fully saturated rings. The highest BCUT2D eigenvalue weighted by Crippen LogP contribution is 2.27. The normalized spacial score (nSPS) is 12.7. The van der Waals surface area contributed by atoms with E-state index in [2.05, 4.69) is 45.1 Å². The van der Waals surface area contributed by atoms with E-state index < -0.39 is 0 Å². The Morgan fingerprint density at radius 3 is 2.86 bits per heavy atom. The zero-order chi connectivity index (χ0) is 14.8. The maximum absolute atomic E-state index is 6.43. The minimum Gasteiger partial charge on any atom is -0.318 e. The van der Waals surface area contributed by atoms with E-state index >= 15 is 0 Å². The van der Waals surface area contributed by atoms with Crippen LogP contribution in [0.25, 0.3) is 10.9 Å². The molecule has 0 aliphatic heterocycles. The third kappa shape index (κ3) is 2.71. The number of nitrogens with zero attached hydrogens (tertiary/aromatic N) is 3. The van der Waals surface area contributed by atoms with E-state index in [1.165, 1.54) is 0 Å². The topological polar surface area (TPSA) is 56.7 Å². The highest BCUT2D eigenvalue weighted by molar-refractivity contribution is 9.10. The molecule has 0 amide bonds. The molecule has 0 saturated heterocycles. The summed E-state index contributed by atoms with van der Waals surface area (Å²) in [5, 5.41) is 5.50. The monoisotopic (exact) mass is 344 g/mol. The molecule has 1 atom stereocenters. The van der Waals surface area contributed by atoms with Crippen LogP contribution in [0.3, 0.4) is 0 Å². The maximum Gasteiger partial charge on any atom is 0.0908 e.